The van der Waals surface area contributed by atoms with E-state index >= 15 is 0 Å². The number of hydrogen-bond donors (Lipinski definition) is 1. The fourth-order valence-corrected chi connectivity index (χ4v) is 3.41. The quantitative estimate of drug-likeness (QED) is 0.622. The van der Waals surface area contributed by atoms with Crippen LogP contribution in [-0.2, 0) is 6.42 Å². The van der Waals surface area contributed by atoms with E-state index in [1.54, 1.807) is 11.3 Å². The number of nitrogens with one attached hydrogen (secondary N) is 1. The van der Waals surface area contributed by atoms with Gasteiger partial charge >= 0.3 is 0 Å². The first kappa shape index (κ1) is 11.2. The lowest BCUT2D eigenvalue weighted by Gasteiger charge is -2.11. The van der Waals surface area contributed by atoms with Crippen LogP contribution in [0.3, 0.4) is 0 Å². The molecule has 0 amide bonds. The van der Waals surface area contributed by atoms with E-state index in [0.717, 1.165) is 17.3 Å². The SMILES string of the molecule is C/C=C/CCNC1CCc2sc(Cl)cc21. The highest BCUT2D eigenvalue weighted by Gasteiger charge is 2.23. The smallest absolute Gasteiger partial charge is 0.0934 e. The monoisotopic (exact) mass is 241 g/mol. The van der Waals surface area contributed by atoms with Crippen LogP contribution in [0.4, 0.5) is 0 Å². The van der Waals surface area contributed by atoms with Crippen molar-refractivity contribution in [1.29, 1.82) is 0 Å². The Balaban J connectivity index is 1.89. The summed E-state index contributed by atoms with van der Waals surface area (Å²) in [4.78, 5) is 1.48. The fourth-order valence-electron chi connectivity index (χ4n) is 2.05. The third kappa shape index (κ3) is 2.63. The summed E-state index contributed by atoms with van der Waals surface area (Å²) >= 11 is 7.74. The van der Waals surface area contributed by atoms with E-state index in [9.17, 15) is 0 Å². The maximum absolute atomic E-state index is 6.01. The number of thiophene rings is 1. The molecule has 1 aromatic heterocycles. The molecule has 1 aliphatic carbocycles. The number of halogens is 1. The zero-order chi connectivity index (χ0) is 10.7. The van der Waals surface area contributed by atoms with E-state index in [4.69, 9.17) is 11.6 Å². The molecular weight excluding hydrogens is 226 g/mol. The molecule has 0 bridgehead atoms. The molecule has 0 spiro atoms. The summed E-state index contributed by atoms with van der Waals surface area (Å²) in [6, 6.07) is 2.66. The van der Waals surface area contributed by atoms with Crippen molar-refractivity contribution in [3.63, 3.8) is 0 Å². The van der Waals surface area contributed by atoms with Gasteiger partial charge in [0.1, 0.15) is 0 Å². The molecule has 82 valence electrons. The molecule has 0 saturated carbocycles. The van der Waals surface area contributed by atoms with Crippen molar-refractivity contribution in [2.45, 2.75) is 32.2 Å². The number of aryl methyl sites for hydroxylation is 1. The molecule has 15 heavy (non-hydrogen) atoms. The van der Waals surface area contributed by atoms with Gasteiger partial charge in [0.15, 0.2) is 0 Å². The highest BCUT2D eigenvalue weighted by molar-refractivity contribution is 7.16. The Morgan fingerprint density at radius 1 is 1.67 bits per heavy atom. The van der Waals surface area contributed by atoms with Gasteiger partial charge in [-0.25, -0.2) is 0 Å². The van der Waals surface area contributed by atoms with Crippen LogP contribution >= 0.6 is 22.9 Å². The Morgan fingerprint density at radius 2 is 2.53 bits per heavy atom. The summed E-state index contributed by atoms with van der Waals surface area (Å²) < 4.78 is 0.931. The molecule has 1 nitrogen and oxygen atoms in total. The zero-order valence-electron chi connectivity index (χ0n) is 8.92. The summed E-state index contributed by atoms with van der Waals surface area (Å²) in [5.74, 6) is 0. The minimum absolute atomic E-state index is 0.536. The van der Waals surface area contributed by atoms with Crippen LogP contribution in [0.2, 0.25) is 4.34 Å². The van der Waals surface area contributed by atoms with Gasteiger partial charge < -0.3 is 5.32 Å². The van der Waals surface area contributed by atoms with E-state index in [0.29, 0.717) is 6.04 Å². The van der Waals surface area contributed by atoms with Gasteiger partial charge in [-0.05, 0) is 44.4 Å². The molecule has 3 heteroatoms. The van der Waals surface area contributed by atoms with Crippen molar-refractivity contribution in [3.05, 3.63) is 33.0 Å². The molecular formula is C12H16ClNS. The van der Waals surface area contributed by atoms with E-state index in [1.165, 1.54) is 23.3 Å². The predicted octanol–water partition coefficient (Wildman–Crippen LogP) is 3.94. The van der Waals surface area contributed by atoms with Crippen LogP contribution in [0.25, 0.3) is 0 Å². The van der Waals surface area contributed by atoms with E-state index in [2.05, 4.69) is 30.5 Å². The predicted molar refractivity (Wildman–Crippen MR) is 67.8 cm³/mol. The standard InChI is InChI=1S/C12H16ClNS/c1-2-3-4-7-14-10-5-6-11-9(10)8-12(13)15-11/h2-3,8,10,14H,4-7H2,1H3/b3-2+. The second-order valence-corrected chi connectivity index (χ2v) is 5.60. The average Bonchev–Trinajstić information content (AvgIpc) is 2.73. The number of fused-ring (bicyclic) bond motifs is 1. The number of rotatable bonds is 4. The Labute approximate surface area is 100 Å². The third-order valence-corrected chi connectivity index (χ3v) is 4.12. The molecule has 1 atom stereocenters. The second kappa shape index (κ2) is 5.15. The average molecular weight is 242 g/mol. The fraction of sp³-hybridized carbons (Fsp3) is 0.500. The highest BCUT2D eigenvalue weighted by atomic mass is 35.5. The van der Waals surface area contributed by atoms with E-state index < -0.39 is 0 Å². The molecule has 0 saturated heterocycles. The molecule has 1 unspecified atom stereocenters. The van der Waals surface area contributed by atoms with Crippen molar-refractivity contribution < 1.29 is 0 Å². The van der Waals surface area contributed by atoms with E-state index in [1.807, 2.05) is 0 Å². The first-order chi connectivity index (χ1) is 7.31. The Morgan fingerprint density at radius 3 is 3.33 bits per heavy atom. The second-order valence-electron chi connectivity index (χ2n) is 3.83. The Hall–Kier alpha value is -0.310. The number of hydrogen-bond acceptors (Lipinski definition) is 2. The maximum Gasteiger partial charge on any atom is 0.0934 e. The van der Waals surface area contributed by atoms with Crippen molar-refractivity contribution in [1.82, 2.24) is 5.32 Å². The highest BCUT2D eigenvalue weighted by Crippen LogP contribution is 2.39. The van der Waals surface area contributed by atoms with Crippen LogP contribution in [0.15, 0.2) is 18.2 Å². The van der Waals surface area contributed by atoms with Crippen LogP contribution in [0.5, 0.6) is 0 Å². The molecule has 1 aromatic rings. The largest absolute Gasteiger partial charge is 0.310 e. The van der Waals surface area contributed by atoms with Crippen LogP contribution in [-0.4, -0.2) is 6.54 Å². The molecule has 1 aliphatic rings. The molecule has 0 radical (unpaired) electrons. The van der Waals surface area contributed by atoms with Crippen molar-refractivity contribution >= 4 is 22.9 Å². The molecule has 1 N–H and O–H groups in total. The summed E-state index contributed by atoms with van der Waals surface area (Å²) in [6.07, 6.45) is 7.83. The van der Waals surface area contributed by atoms with Gasteiger partial charge in [0.25, 0.3) is 0 Å². The topological polar surface area (TPSA) is 12.0 Å². The molecule has 0 aliphatic heterocycles. The first-order valence-corrected chi connectivity index (χ1v) is 6.63. The summed E-state index contributed by atoms with van der Waals surface area (Å²) in [5.41, 5.74) is 1.44. The van der Waals surface area contributed by atoms with Gasteiger partial charge in [0, 0.05) is 10.9 Å². The van der Waals surface area contributed by atoms with E-state index in [-0.39, 0.29) is 0 Å². The minimum Gasteiger partial charge on any atom is -0.310 e. The van der Waals surface area contributed by atoms with Gasteiger partial charge in [0.05, 0.1) is 4.34 Å². The molecule has 1 heterocycles. The Bertz CT molecular complexity index is 357. The maximum atomic E-state index is 6.01. The van der Waals surface area contributed by atoms with Crippen molar-refractivity contribution in [2.24, 2.45) is 0 Å². The Kier molecular flexibility index (Phi) is 3.84. The summed E-state index contributed by atoms with van der Waals surface area (Å²) in [6.45, 7) is 3.12. The first-order valence-electron chi connectivity index (χ1n) is 5.44. The summed E-state index contributed by atoms with van der Waals surface area (Å²) in [5, 5.41) is 3.58. The lowest BCUT2D eigenvalue weighted by molar-refractivity contribution is 0.536. The molecule has 0 aromatic carbocycles. The third-order valence-electron chi connectivity index (χ3n) is 2.78. The van der Waals surface area contributed by atoms with Gasteiger partial charge in [-0.1, -0.05) is 23.8 Å². The number of allylic oxidation sites excluding steroid dienone is 1. The van der Waals surface area contributed by atoms with Crippen LogP contribution < -0.4 is 5.32 Å². The molecule has 2 rings (SSSR count). The van der Waals surface area contributed by atoms with Gasteiger partial charge in [-0.3, -0.25) is 0 Å². The van der Waals surface area contributed by atoms with Crippen molar-refractivity contribution in [2.75, 3.05) is 6.54 Å². The minimum atomic E-state index is 0.536. The lowest BCUT2D eigenvalue weighted by atomic mass is 10.2. The lowest BCUT2D eigenvalue weighted by Crippen LogP contribution is -2.19. The van der Waals surface area contributed by atoms with Crippen molar-refractivity contribution in [3.8, 4) is 0 Å². The normalized spacial score (nSPS) is 20.0. The van der Waals surface area contributed by atoms with Gasteiger partial charge in [-0.2, -0.15) is 0 Å². The molecule has 0 fully saturated rings. The van der Waals surface area contributed by atoms with Gasteiger partial charge in [-0.15, -0.1) is 11.3 Å². The van der Waals surface area contributed by atoms with Crippen LogP contribution in [0.1, 0.15) is 36.2 Å². The van der Waals surface area contributed by atoms with Gasteiger partial charge in [0.2, 0.25) is 0 Å². The summed E-state index contributed by atoms with van der Waals surface area (Å²) in [7, 11) is 0. The zero-order valence-corrected chi connectivity index (χ0v) is 10.5. The van der Waals surface area contributed by atoms with Crippen LogP contribution in [0, 0.1) is 0 Å².